The molecule has 3 heterocycles. The lowest BCUT2D eigenvalue weighted by Gasteiger charge is -2.30. The SMILES string of the molecule is CCN(CC)C(=O)Nc1cn(C2CCCCO2)nc1-c1nc2cc(F)c(N(CCN(C)C)C(=O)N(CC)CC)cc2[nH]1. The average molecular weight is 586 g/mol. The zero-order chi connectivity index (χ0) is 30.4. The monoisotopic (exact) mass is 585 g/mol. The summed E-state index contributed by atoms with van der Waals surface area (Å²) in [6, 6.07) is 2.44. The Morgan fingerprint density at radius 3 is 2.40 bits per heavy atom. The summed E-state index contributed by atoms with van der Waals surface area (Å²) in [5.74, 6) is -0.170. The first-order valence-corrected chi connectivity index (χ1v) is 14.9. The third kappa shape index (κ3) is 6.84. The minimum absolute atomic E-state index is 0.174. The number of ether oxygens (including phenoxy) is 1. The van der Waals surface area contributed by atoms with Crippen LogP contribution in [0.5, 0.6) is 0 Å². The van der Waals surface area contributed by atoms with E-state index < -0.39 is 5.82 Å². The van der Waals surface area contributed by atoms with E-state index in [1.54, 1.807) is 26.7 Å². The van der Waals surface area contributed by atoms with Crippen LogP contribution in [-0.4, -0.2) is 106 Å². The van der Waals surface area contributed by atoms with Gasteiger partial charge in [0, 0.05) is 51.9 Å². The van der Waals surface area contributed by atoms with Gasteiger partial charge in [0.1, 0.15) is 12.0 Å². The number of H-pyrrole nitrogens is 1. The molecule has 4 amide bonds. The highest BCUT2D eigenvalue weighted by atomic mass is 19.1. The number of nitrogens with zero attached hydrogens (tertiary/aromatic N) is 7. The lowest BCUT2D eigenvalue weighted by atomic mass is 10.2. The number of urea groups is 2. The third-order valence-corrected chi connectivity index (χ3v) is 7.58. The van der Waals surface area contributed by atoms with Crippen LogP contribution in [-0.2, 0) is 4.74 Å². The molecule has 2 aromatic heterocycles. The van der Waals surface area contributed by atoms with Crippen molar-refractivity contribution in [2.24, 2.45) is 0 Å². The van der Waals surface area contributed by atoms with Crippen molar-refractivity contribution in [1.29, 1.82) is 0 Å². The molecule has 42 heavy (non-hydrogen) atoms. The van der Waals surface area contributed by atoms with Crippen LogP contribution in [0, 0.1) is 5.82 Å². The maximum atomic E-state index is 15.6. The molecule has 4 rings (SSSR count). The molecule has 0 spiro atoms. The Morgan fingerprint density at radius 2 is 1.79 bits per heavy atom. The molecule has 230 valence electrons. The minimum Gasteiger partial charge on any atom is -0.357 e. The summed E-state index contributed by atoms with van der Waals surface area (Å²) in [7, 11) is 3.82. The Bertz CT molecular complexity index is 1360. The maximum absolute atomic E-state index is 15.6. The third-order valence-electron chi connectivity index (χ3n) is 7.58. The second kappa shape index (κ2) is 14.0. The van der Waals surface area contributed by atoms with E-state index in [2.05, 4.69) is 15.3 Å². The van der Waals surface area contributed by atoms with Gasteiger partial charge >= 0.3 is 12.1 Å². The average Bonchev–Trinajstić information content (AvgIpc) is 3.58. The first kappa shape index (κ1) is 31.2. The first-order chi connectivity index (χ1) is 20.2. The van der Waals surface area contributed by atoms with Crippen molar-refractivity contribution in [2.45, 2.75) is 53.2 Å². The van der Waals surface area contributed by atoms with Gasteiger partial charge in [0.25, 0.3) is 0 Å². The van der Waals surface area contributed by atoms with Crippen LogP contribution in [0.15, 0.2) is 18.3 Å². The summed E-state index contributed by atoms with van der Waals surface area (Å²) in [4.78, 5) is 41.1. The van der Waals surface area contributed by atoms with Crippen molar-refractivity contribution >= 4 is 34.5 Å². The largest absolute Gasteiger partial charge is 0.357 e. The predicted octanol–water partition coefficient (Wildman–Crippen LogP) is 4.97. The van der Waals surface area contributed by atoms with Crippen molar-refractivity contribution in [2.75, 3.05) is 70.2 Å². The number of benzene rings is 1. The predicted molar refractivity (Wildman–Crippen MR) is 162 cm³/mol. The smallest absolute Gasteiger partial charge is 0.324 e. The van der Waals surface area contributed by atoms with E-state index in [1.165, 1.54) is 11.0 Å². The fourth-order valence-corrected chi connectivity index (χ4v) is 5.07. The molecule has 0 radical (unpaired) electrons. The van der Waals surface area contributed by atoms with E-state index in [0.29, 0.717) is 74.1 Å². The number of hydrogen-bond donors (Lipinski definition) is 2. The number of halogens is 1. The zero-order valence-electron chi connectivity index (χ0n) is 25.6. The van der Waals surface area contributed by atoms with Gasteiger partial charge in [-0.2, -0.15) is 5.10 Å². The number of imidazole rings is 1. The standard InChI is InChI=1S/C29H44FN9O3/c1-7-36(8-2)28(40)33-23-19-39(25-13-11-12-16-42-25)34-26(23)27-31-21-17-20(30)24(18-22(21)32-27)38(15-14-35(5)6)29(41)37(9-3)10-4/h17-19,25H,7-16H2,1-6H3,(H,31,32)(H,33,40). The van der Waals surface area contributed by atoms with Crippen LogP contribution >= 0.6 is 0 Å². The van der Waals surface area contributed by atoms with E-state index in [9.17, 15) is 9.59 Å². The minimum atomic E-state index is -0.545. The van der Waals surface area contributed by atoms with Crippen molar-refractivity contribution < 1.29 is 18.7 Å². The first-order valence-electron chi connectivity index (χ1n) is 14.9. The Labute approximate surface area is 246 Å². The fourth-order valence-electron chi connectivity index (χ4n) is 5.07. The molecule has 1 saturated heterocycles. The van der Waals surface area contributed by atoms with Crippen LogP contribution in [0.2, 0.25) is 0 Å². The molecular weight excluding hydrogens is 541 g/mol. The Morgan fingerprint density at radius 1 is 1.07 bits per heavy atom. The van der Waals surface area contributed by atoms with Crippen LogP contribution < -0.4 is 10.2 Å². The number of fused-ring (bicyclic) bond motifs is 1. The number of carbonyl (C=O) groups is 2. The van der Waals surface area contributed by atoms with Gasteiger partial charge in [-0.05, 0) is 67.1 Å². The lowest BCUT2D eigenvalue weighted by Crippen LogP contribution is -2.46. The number of nitrogens with one attached hydrogen (secondary N) is 2. The molecule has 1 aliphatic heterocycles. The Hall–Kier alpha value is -3.71. The number of amides is 4. The van der Waals surface area contributed by atoms with E-state index in [4.69, 9.17) is 9.84 Å². The molecule has 1 unspecified atom stereocenters. The van der Waals surface area contributed by atoms with Crippen molar-refractivity contribution in [1.82, 2.24) is 34.4 Å². The van der Waals surface area contributed by atoms with Crippen molar-refractivity contribution in [3.05, 3.63) is 24.1 Å². The molecule has 12 nitrogen and oxygen atoms in total. The van der Waals surface area contributed by atoms with Crippen molar-refractivity contribution in [3.8, 4) is 11.5 Å². The lowest BCUT2D eigenvalue weighted by molar-refractivity contribution is -0.0393. The molecule has 13 heteroatoms. The van der Waals surface area contributed by atoms with E-state index in [1.807, 2.05) is 46.7 Å². The highest BCUT2D eigenvalue weighted by Crippen LogP contribution is 2.33. The van der Waals surface area contributed by atoms with Gasteiger partial charge in [-0.25, -0.2) is 23.6 Å². The highest BCUT2D eigenvalue weighted by molar-refractivity contribution is 5.96. The van der Waals surface area contributed by atoms with Crippen LogP contribution in [0.4, 0.5) is 25.4 Å². The van der Waals surface area contributed by atoms with Crippen LogP contribution in [0.3, 0.4) is 0 Å². The fraction of sp³-hybridized carbons (Fsp3) is 0.586. The molecule has 1 fully saturated rings. The number of hydrogen-bond acceptors (Lipinski definition) is 6. The van der Waals surface area contributed by atoms with Gasteiger partial charge in [0.15, 0.2) is 11.5 Å². The van der Waals surface area contributed by atoms with E-state index in [0.717, 1.165) is 19.3 Å². The quantitative estimate of drug-likeness (QED) is 0.329. The summed E-state index contributed by atoms with van der Waals surface area (Å²) in [6.45, 7) is 11.3. The summed E-state index contributed by atoms with van der Waals surface area (Å²) in [6.07, 6.45) is 4.34. The van der Waals surface area contributed by atoms with E-state index in [-0.39, 0.29) is 24.0 Å². The molecule has 1 aliphatic rings. The number of aromatic nitrogens is 4. The summed E-state index contributed by atoms with van der Waals surface area (Å²) < 4.78 is 23.3. The van der Waals surface area contributed by atoms with Gasteiger partial charge in [0.2, 0.25) is 0 Å². The van der Waals surface area contributed by atoms with E-state index >= 15 is 4.39 Å². The summed E-state index contributed by atoms with van der Waals surface area (Å²) >= 11 is 0. The molecule has 0 saturated carbocycles. The number of likely N-dealkylation sites (N-methyl/N-ethyl adjacent to an activating group) is 1. The van der Waals surface area contributed by atoms with Gasteiger partial charge < -0.3 is 29.7 Å². The van der Waals surface area contributed by atoms with Gasteiger partial charge in [-0.15, -0.1) is 0 Å². The molecule has 0 bridgehead atoms. The summed E-state index contributed by atoms with van der Waals surface area (Å²) in [5, 5.41) is 7.73. The van der Waals surface area contributed by atoms with Crippen molar-refractivity contribution in [3.63, 3.8) is 0 Å². The topological polar surface area (TPSA) is 115 Å². The molecule has 2 N–H and O–H groups in total. The molecule has 0 aliphatic carbocycles. The van der Waals surface area contributed by atoms with Gasteiger partial charge in [-0.3, -0.25) is 4.90 Å². The van der Waals surface area contributed by atoms with Crippen LogP contribution in [0.25, 0.3) is 22.6 Å². The number of anilines is 2. The zero-order valence-corrected chi connectivity index (χ0v) is 25.6. The van der Waals surface area contributed by atoms with Gasteiger partial charge in [-0.1, -0.05) is 0 Å². The Balaban J connectivity index is 1.75. The van der Waals surface area contributed by atoms with Crippen LogP contribution in [0.1, 0.15) is 53.2 Å². The second-order valence-electron chi connectivity index (χ2n) is 10.6. The normalized spacial score (nSPS) is 15.3. The number of aromatic amines is 1. The molecule has 1 atom stereocenters. The molecular formula is C29H44FN9O3. The second-order valence-corrected chi connectivity index (χ2v) is 10.6. The van der Waals surface area contributed by atoms with Gasteiger partial charge in [0.05, 0.1) is 28.6 Å². The summed E-state index contributed by atoms with van der Waals surface area (Å²) in [5.41, 5.74) is 2.01. The number of carbonyl (C=O) groups excluding carboxylic acids is 2. The molecule has 3 aromatic rings. The number of rotatable bonds is 11. The Kier molecular flexibility index (Phi) is 10.4. The molecule has 1 aromatic carbocycles. The highest BCUT2D eigenvalue weighted by Gasteiger charge is 2.26. The maximum Gasteiger partial charge on any atom is 0.324 e.